The Morgan fingerprint density at radius 2 is 1.95 bits per heavy atom. The van der Waals surface area contributed by atoms with E-state index in [0.717, 1.165) is 18.7 Å². The van der Waals surface area contributed by atoms with Gasteiger partial charge < -0.3 is 9.32 Å². The van der Waals surface area contributed by atoms with Crippen molar-refractivity contribution < 1.29 is 9.21 Å². The highest BCUT2D eigenvalue weighted by atomic mass is 16.3. The summed E-state index contributed by atoms with van der Waals surface area (Å²) in [6.07, 6.45) is 3.05. The van der Waals surface area contributed by atoms with Crippen molar-refractivity contribution in [3.05, 3.63) is 54.0 Å². The van der Waals surface area contributed by atoms with Gasteiger partial charge in [-0.15, -0.1) is 0 Å². The Labute approximate surface area is 124 Å². The first kappa shape index (κ1) is 14.8. The van der Waals surface area contributed by atoms with Gasteiger partial charge in [0.2, 0.25) is 0 Å². The molecule has 0 aliphatic rings. The van der Waals surface area contributed by atoms with E-state index in [1.165, 1.54) is 12.0 Å². The van der Waals surface area contributed by atoms with Gasteiger partial charge in [0, 0.05) is 18.8 Å². The number of benzene rings is 1. The zero-order valence-electron chi connectivity index (χ0n) is 12.2. The lowest BCUT2D eigenvalue weighted by Gasteiger charge is -2.20. The molecule has 2 rings (SSSR count). The fourth-order valence-corrected chi connectivity index (χ4v) is 1.99. The molecule has 1 heterocycles. The van der Waals surface area contributed by atoms with Crippen molar-refractivity contribution >= 4 is 17.8 Å². The third-order valence-corrected chi connectivity index (χ3v) is 3.15. The van der Waals surface area contributed by atoms with E-state index in [4.69, 9.17) is 4.42 Å². The molecule has 1 aromatic heterocycles. The molecule has 0 unspecified atom stereocenters. The number of anilines is 1. The second-order valence-corrected chi connectivity index (χ2v) is 4.44. The summed E-state index contributed by atoms with van der Waals surface area (Å²) in [5, 5.41) is 3.91. The summed E-state index contributed by atoms with van der Waals surface area (Å²) < 4.78 is 4.97. The molecule has 21 heavy (non-hydrogen) atoms. The molecule has 0 saturated carbocycles. The predicted molar refractivity (Wildman–Crippen MR) is 83.8 cm³/mol. The molecule has 1 N–H and O–H groups in total. The normalized spacial score (nSPS) is 10.8. The van der Waals surface area contributed by atoms with Crippen LogP contribution in [-0.4, -0.2) is 25.2 Å². The molecule has 0 spiro atoms. The molecule has 2 aromatic rings. The number of furan rings is 1. The van der Waals surface area contributed by atoms with Gasteiger partial charge in [-0.1, -0.05) is 12.1 Å². The molecule has 5 heteroatoms. The molecular weight excluding hydrogens is 266 g/mol. The van der Waals surface area contributed by atoms with Crippen molar-refractivity contribution in [3.63, 3.8) is 0 Å². The fraction of sp³-hybridized carbons (Fsp3) is 0.250. The average Bonchev–Trinajstić information content (AvgIpc) is 3.04. The van der Waals surface area contributed by atoms with Crippen LogP contribution in [0.15, 0.2) is 52.2 Å². The van der Waals surface area contributed by atoms with E-state index < -0.39 is 0 Å². The van der Waals surface area contributed by atoms with Crippen LogP contribution < -0.4 is 10.3 Å². The van der Waals surface area contributed by atoms with Gasteiger partial charge in [0.25, 0.3) is 0 Å². The molecule has 0 saturated heterocycles. The number of carbonyl (C=O) groups excluding carboxylic acids is 1. The summed E-state index contributed by atoms with van der Waals surface area (Å²) in [4.78, 5) is 13.9. The van der Waals surface area contributed by atoms with Gasteiger partial charge in [-0.25, -0.2) is 5.43 Å². The summed E-state index contributed by atoms with van der Waals surface area (Å²) in [5.41, 5.74) is 4.52. The lowest BCUT2D eigenvalue weighted by atomic mass is 10.2. The second-order valence-electron chi connectivity index (χ2n) is 4.44. The van der Waals surface area contributed by atoms with Crippen LogP contribution in [0.1, 0.15) is 30.0 Å². The molecule has 0 radical (unpaired) electrons. The summed E-state index contributed by atoms with van der Waals surface area (Å²) >= 11 is 0. The van der Waals surface area contributed by atoms with E-state index in [2.05, 4.69) is 29.3 Å². The summed E-state index contributed by atoms with van der Waals surface area (Å²) in [6.45, 7) is 6.21. The Kier molecular flexibility index (Phi) is 5.15. The minimum absolute atomic E-state index is 0.240. The minimum atomic E-state index is -0.365. The first-order valence-electron chi connectivity index (χ1n) is 6.96. The van der Waals surface area contributed by atoms with Crippen molar-refractivity contribution in [3.8, 4) is 0 Å². The number of hydrogen-bond donors (Lipinski definition) is 1. The first-order chi connectivity index (χ1) is 10.2. The van der Waals surface area contributed by atoms with Crippen LogP contribution in [0.3, 0.4) is 0 Å². The van der Waals surface area contributed by atoms with Gasteiger partial charge in [0.1, 0.15) is 0 Å². The van der Waals surface area contributed by atoms with E-state index in [0.29, 0.717) is 0 Å². The monoisotopic (exact) mass is 285 g/mol. The molecule has 5 nitrogen and oxygen atoms in total. The zero-order chi connectivity index (χ0) is 15.1. The van der Waals surface area contributed by atoms with Crippen LogP contribution in [0.2, 0.25) is 0 Å². The average molecular weight is 285 g/mol. The van der Waals surface area contributed by atoms with Crippen molar-refractivity contribution in [2.45, 2.75) is 13.8 Å². The highest BCUT2D eigenvalue weighted by Gasteiger charge is 2.05. The van der Waals surface area contributed by atoms with Gasteiger partial charge in [0.15, 0.2) is 5.76 Å². The van der Waals surface area contributed by atoms with E-state index in [-0.39, 0.29) is 11.7 Å². The Morgan fingerprint density at radius 1 is 1.24 bits per heavy atom. The Bertz CT molecular complexity index is 584. The molecular formula is C16H19N3O2. The molecule has 0 atom stereocenters. The molecule has 0 aliphatic carbocycles. The van der Waals surface area contributed by atoms with E-state index in [9.17, 15) is 4.79 Å². The van der Waals surface area contributed by atoms with Gasteiger partial charge in [0.05, 0.1) is 12.5 Å². The lowest BCUT2D eigenvalue weighted by molar-refractivity contribution is 0.0927. The van der Waals surface area contributed by atoms with Crippen LogP contribution in [0.5, 0.6) is 0 Å². The lowest BCUT2D eigenvalue weighted by Crippen LogP contribution is -2.21. The second kappa shape index (κ2) is 7.28. The summed E-state index contributed by atoms with van der Waals surface area (Å²) in [7, 11) is 0. The maximum Gasteiger partial charge on any atom is 0.307 e. The number of hydrogen-bond acceptors (Lipinski definition) is 4. The van der Waals surface area contributed by atoms with Crippen molar-refractivity contribution in [2.75, 3.05) is 18.0 Å². The first-order valence-corrected chi connectivity index (χ1v) is 6.96. The molecule has 0 bridgehead atoms. The van der Waals surface area contributed by atoms with Crippen LogP contribution in [-0.2, 0) is 0 Å². The number of nitrogens with zero attached hydrogens (tertiary/aromatic N) is 2. The molecule has 1 aromatic carbocycles. The van der Waals surface area contributed by atoms with Crippen LogP contribution in [0.4, 0.5) is 5.69 Å². The minimum Gasteiger partial charge on any atom is -0.459 e. The van der Waals surface area contributed by atoms with Crippen LogP contribution in [0, 0.1) is 0 Å². The topological polar surface area (TPSA) is 57.8 Å². The predicted octanol–water partition coefficient (Wildman–Crippen LogP) is 2.89. The zero-order valence-corrected chi connectivity index (χ0v) is 12.2. The summed E-state index contributed by atoms with van der Waals surface area (Å²) in [5.74, 6) is -0.125. The van der Waals surface area contributed by atoms with E-state index >= 15 is 0 Å². The number of carbonyl (C=O) groups is 1. The standard InChI is InChI=1S/C16H19N3O2/c1-3-19(4-2)14-9-7-13(8-10-14)12-17-18-16(20)15-6-5-11-21-15/h5-12H,3-4H2,1-2H3,(H,18,20). The van der Waals surface area contributed by atoms with Gasteiger partial charge in [-0.05, 0) is 43.7 Å². The van der Waals surface area contributed by atoms with Gasteiger partial charge >= 0.3 is 5.91 Å². The Balaban J connectivity index is 1.94. The van der Waals surface area contributed by atoms with Crippen LogP contribution >= 0.6 is 0 Å². The van der Waals surface area contributed by atoms with Crippen molar-refractivity contribution in [1.82, 2.24) is 5.43 Å². The molecule has 110 valence electrons. The van der Waals surface area contributed by atoms with E-state index in [1.807, 2.05) is 24.3 Å². The number of nitrogens with one attached hydrogen (secondary N) is 1. The summed E-state index contributed by atoms with van der Waals surface area (Å²) in [6, 6.07) is 11.3. The third kappa shape index (κ3) is 3.95. The van der Waals surface area contributed by atoms with Gasteiger partial charge in [-0.3, -0.25) is 4.79 Å². The van der Waals surface area contributed by atoms with Crippen molar-refractivity contribution in [2.24, 2.45) is 5.10 Å². The van der Waals surface area contributed by atoms with Gasteiger partial charge in [-0.2, -0.15) is 5.10 Å². The highest BCUT2D eigenvalue weighted by molar-refractivity contribution is 5.92. The Hall–Kier alpha value is -2.56. The number of amides is 1. The highest BCUT2D eigenvalue weighted by Crippen LogP contribution is 2.13. The number of rotatable bonds is 6. The third-order valence-electron chi connectivity index (χ3n) is 3.15. The smallest absolute Gasteiger partial charge is 0.307 e. The fourth-order valence-electron chi connectivity index (χ4n) is 1.99. The van der Waals surface area contributed by atoms with E-state index in [1.54, 1.807) is 18.3 Å². The quantitative estimate of drug-likeness (QED) is 0.656. The van der Waals surface area contributed by atoms with Crippen LogP contribution in [0.25, 0.3) is 0 Å². The SMILES string of the molecule is CCN(CC)c1ccc(C=NNC(=O)c2ccco2)cc1. The molecule has 0 aliphatic heterocycles. The molecule has 1 amide bonds. The largest absolute Gasteiger partial charge is 0.459 e. The maximum atomic E-state index is 11.6. The molecule has 0 fully saturated rings. The maximum absolute atomic E-state index is 11.6. The number of hydrazone groups is 1. The van der Waals surface area contributed by atoms with Crippen molar-refractivity contribution in [1.29, 1.82) is 0 Å². The Morgan fingerprint density at radius 3 is 2.52 bits per heavy atom.